The minimum atomic E-state index is -0.756. The number of amides is 3. The Morgan fingerprint density at radius 2 is 0.698 bits per heavy atom. The third kappa shape index (κ3) is 16.6. The molecule has 0 atom stereocenters. The van der Waals surface area contributed by atoms with Crippen LogP contribution in [0.15, 0.2) is 150 Å². The van der Waals surface area contributed by atoms with Crippen LogP contribution in [0.5, 0.6) is 0 Å². The van der Waals surface area contributed by atoms with Crippen LogP contribution >= 0.6 is 0 Å². The first-order valence-electron chi connectivity index (χ1n) is 15.3. The number of allylic oxidation sites excluding steroid dienone is 7. The molecule has 3 aromatic rings. The predicted octanol–water partition coefficient (Wildman–Crippen LogP) is 6.23. The number of ether oxygens (including phenoxy) is 3. The largest absolute Gasteiger partial charge is 0.464 e. The normalized spacial score (nSPS) is 10.8. The first-order chi connectivity index (χ1) is 24.5. The third-order valence-electron chi connectivity index (χ3n) is 6.29. The Hall–Kier alpha value is -6.82. The van der Waals surface area contributed by atoms with Crippen molar-refractivity contribution in [2.75, 3.05) is 21.3 Å². The van der Waals surface area contributed by atoms with E-state index in [9.17, 15) is 28.8 Å². The van der Waals surface area contributed by atoms with Crippen molar-refractivity contribution in [2.45, 2.75) is 28.7 Å². The fourth-order valence-corrected chi connectivity index (χ4v) is 3.72. The summed E-state index contributed by atoms with van der Waals surface area (Å²) in [5, 5.41) is 7.49. The smallest absolute Gasteiger partial charge is 0.354 e. The van der Waals surface area contributed by atoms with Gasteiger partial charge in [0.05, 0.1) is 21.3 Å². The lowest BCUT2D eigenvalue weighted by molar-refractivity contribution is -0.137. The van der Waals surface area contributed by atoms with E-state index in [0.29, 0.717) is 16.7 Å². The molecule has 0 bridgehead atoms. The molecule has 0 aliphatic rings. The van der Waals surface area contributed by atoms with E-state index in [2.05, 4.69) is 30.2 Å². The Morgan fingerprint density at radius 1 is 0.434 bits per heavy atom. The number of esters is 3. The molecular weight excluding hydrogens is 678 g/mol. The average molecular weight is 726 g/mol. The molecule has 0 aromatic heterocycles. The average Bonchev–Trinajstić information content (AvgIpc) is 3.17. The lowest BCUT2D eigenvalue weighted by Gasteiger charge is -2.08. The van der Waals surface area contributed by atoms with Gasteiger partial charge < -0.3 is 30.2 Å². The highest BCUT2D eigenvalue weighted by molar-refractivity contribution is 6.02. The van der Waals surface area contributed by atoms with Crippen LogP contribution in [0.3, 0.4) is 0 Å². The zero-order valence-electron chi connectivity index (χ0n) is 28.8. The van der Waals surface area contributed by atoms with E-state index < -0.39 is 29.7 Å². The zero-order valence-corrected chi connectivity index (χ0v) is 28.8. The second-order valence-electron chi connectivity index (χ2n) is 10.3. The van der Waals surface area contributed by atoms with Gasteiger partial charge in [-0.3, -0.25) is 14.4 Å². The van der Waals surface area contributed by atoms with Gasteiger partial charge in [0.1, 0.15) is 17.1 Å². The molecule has 0 unspecified atom stereocenters. The Morgan fingerprint density at radius 3 is 0.943 bits per heavy atom. The molecule has 0 aliphatic carbocycles. The summed E-state index contributed by atoms with van der Waals surface area (Å²) in [6.07, 6.45) is 8.66. The van der Waals surface area contributed by atoms with Gasteiger partial charge in [0.15, 0.2) is 0 Å². The molecule has 12 nitrogen and oxygen atoms in total. The maximum absolute atomic E-state index is 12.3. The maximum Gasteiger partial charge on any atom is 0.354 e. The van der Waals surface area contributed by atoms with Crippen LogP contribution in [-0.2, 0) is 28.6 Å². The summed E-state index contributed by atoms with van der Waals surface area (Å²) in [5.41, 5.74) is 2.10. The number of rotatable bonds is 12. The van der Waals surface area contributed by atoms with Crippen LogP contribution in [0.2, 0.25) is 0 Å². The highest BCUT2D eigenvalue weighted by Gasteiger charge is 2.16. The molecule has 0 spiro atoms. The molecule has 0 heterocycles. The van der Waals surface area contributed by atoms with Gasteiger partial charge >= 0.3 is 17.9 Å². The van der Waals surface area contributed by atoms with Gasteiger partial charge in [-0.2, -0.15) is 0 Å². The second-order valence-corrected chi connectivity index (χ2v) is 10.3. The molecule has 3 aromatic carbocycles. The fraction of sp³-hybridized carbons (Fsp3) is 0.171. The van der Waals surface area contributed by atoms with E-state index in [1.54, 1.807) is 91.0 Å². The Labute approximate surface area is 310 Å². The number of hydrogen-bond donors (Lipinski definition) is 3. The molecule has 12 heteroatoms. The number of benzene rings is 3. The van der Waals surface area contributed by atoms with Crippen LogP contribution in [0.4, 0.5) is 0 Å². The minimum absolute atomic E-state index is 0. The lowest BCUT2D eigenvalue weighted by Crippen LogP contribution is -2.28. The SMILES string of the molecule is C.C.COC(=O)/C(=C/C=C(C)C)NC(=O)c1ccccc1.COC(=O)C(=CC=C/C=C(\NC(=O)c1ccccc1)C(=O)OC)NC(=O)c1ccccc1. The zero-order chi connectivity index (χ0) is 37.6. The predicted molar refractivity (Wildman–Crippen MR) is 204 cm³/mol. The Balaban J connectivity index is 0.00000111. The topological polar surface area (TPSA) is 166 Å². The van der Waals surface area contributed by atoms with Crippen molar-refractivity contribution in [1.29, 1.82) is 0 Å². The summed E-state index contributed by atoms with van der Waals surface area (Å²) in [7, 11) is 3.64. The molecule has 0 radical (unpaired) electrons. The van der Waals surface area contributed by atoms with Crippen LogP contribution in [0.1, 0.15) is 59.8 Å². The minimum Gasteiger partial charge on any atom is -0.464 e. The highest BCUT2D eigenvalue weighted by atomic mass is 16.5. The van der Waals surface area contributed by atoms with Crippen LogP contribution < -0.4 is 16.0 Å². The number of nitrogens with one attached hydrogen (secondary N) is 3. The van der Waals surface area contributed by atoms with E-state index >= 15 is 0 Å². The van der Waals surface area contributed by atoms with Crippen molar-refractivity contribution in [2.24, 2.45) is 0 Å². The third-order valence-corrected chi connectivity index (χ3v) is 6.29. The summed E-state index contributed by atoms with van der Waals surface area (Å²) in [6.45, 7) is 3.79. The van der Waals surface area contributed by atoms with E-state index in [1.165, 1.54) is 51.7 Å². The summed E-state index contributed by atoms with van der Waals surface area (Å²) in [5.74, 6) is -3.42. The van der Waals surface area contributed by atoms with Crippen molar-refractivity contribution >= 4 is 35.6 Å². The van der Waals surface area contributed by atoms with Gasteiger partial charge in [0.25, 0.3) is 17.7 Å². The number of carbonyl (C=O) groups excluding carboxylic acids is 6. The van der Waals surface area contributed by atoms with Gasteiger partial charge in [-0.15, -0.1) is 0 Å². The molecule has 3 rings (SSSR count). The molecule has 0 saturated heterocycles. The van der Waals surface area contributed by atoms with E-state index in [1.807, 2.05) is 19.9 Å². The monoisotopic (exact) mass is 725 g/mol. The molecular formula is C41H47N3O9. The number of methoxy groups -OCH3 is 3. The van der Waals surface area contributed by atoms with Gasteiger partial charge in [0, 0.05) is 16.7 Å². The standard InChI is InChI=1S/C24H22N2O6.C15H17NO3.2CH4/c1-31-23(29)19(25-21(27)17-11-5-3-6-12-17)15-9-10-16-20(24(30)32-2)26-22(28)18-13-7-4-8-14-18;1-11(2)9-10-13(15(18)19-3)16-14(17)12-7-5-4-6-8-12;;/h3-16H,1-2H3,(H,25,27)(H,26,28);4-10H,1-3H3,(H,16,17);2*1H4/b10-9?,19-15-,20-16?;13-10-;;. The van der Waals surface area contributed by atoms with Crippen LogP contribution in [0.25, 0.3) is 0 Å². The Bertz CT molecular complexity index is 1740. The first kappa shape index (κ1) is 46.2. The van der Waals surface area contributed by atoms with Gasteiger partial charge in [-0.25, -0.2) is 14.4 Å². The van der Waals surface area contributed by atoms with Gasteiger partial charge in [0.2, 0.25) is 0 Å². The maximum atomic E-state index is 12.3. The molecule has 3 amide bonds. The van der Waals surface area contributed by atoms with Gasteiger partial charge in [-0.1, -0.05) is 93.3 Å². The van der Waals surface area contributed by atoms with Crippen molar-refractivity contribution < 1.29 is 43.0 Å². The van der Waals surface area contributed by atoms with Crippen molar-refractivity contribution in [3.63, 3.8) is 0 Å². The number of carbonyl (C=O) groups is 6. The quantitative estimate of drug-likeness (QED) is 0.0850. The second kappa shape index (κ2) is 25.2. The Kier molecular flexibility index (Phi) is 21.9. The summed E-state index contributed by atoms with van der Waals surface area (Å²) in [6, 6.07) is 25.4. The lowest BCUT2D eigenvalue weighted by atomic mass is 10.2. The van der Waals surface area contributed by atoms with Crippen LogP contribution in [0, 0.1) is 0 Å². The summed E-state index contributed by atoms with van der Waals surface area (Å²) >= 11 is 0. The molecule has 280 valence electrons. The van der Waals surface area contributed by atoms with Crippen molar-refractivity contribution in [3.8, 4) is 0 Å². The van der Waals surface area contributed by atoms with E-state index in [0.717, 1.165) is 5.57 Å². The molecule has 0 aliphatic heterocycles. The molecule has 53 heavy (non-hydrogen) atoms. The van der Waals surface area contributed by atoms with Crippen molar-refractivity contribution in [1.82, 2.24) is 16.0 Å². The van der Waals surface area contributed by atoms with E-state index in [4.69, 9.17) is 0 Å². The van der Waals surface area contributed by atoms with Crippen molar-refractivity contribution in [3.05, 3.63) is 167 Å². The van der Waals surface area contributed by atoms with Crippen LogP contribution in [-0.4, -0.2) is 57.0 Å². The molecule has 3 N–H and O–H groups in total. The summed E-state index contributed by atoms with van der Waals surface area (Å²) in [4.78, 5) is 72.0. The first-order valence-corrected chi connectivity index (χ1v) is 15.3. The van der Waals surface area contributed by atoms with E-state index in [-0.39, 0.29) is 37.9 Å². The van der Waals surface area contributed by atoms with Gasteiger partial charge in [-0.05, 0) is 68.5 Å². The summed E-state index contributed by atoms with van der Waals surface area (Å²) < 4.78 is 14.0. The molecule has 0 saturated carbocycles. The molecule has 0 fully saturated rings. The highest BCUT2D eigenvalue weighted by Crippen LogP contribution is 2.05. The fourth-order valence-electron chi connectivity index (χ4n) is 3.72. The number of hydrogen-bond acceptors (Lipinski definition) is 9.